The van der Waals surface area contributed by atoms with Gasteiger partial charge in [0, 0.05) is 6.07 Å². The summed E-state index contributed by atoms with van der Waals surface area (Å²) in [6.07, 6.45) is 0. The number of nitrogens with zero attached hydrogens (tertiary/aromatic N) is 3. The maximum atomic E-state index is 13.6. The summed E-state index contributed by atoms with van der Waals surface area (Å²) in [6.45, 7) is 0. The highest BCUT2D eigenvalue weighted by molar-refractivity contribution is 6.02. The van der Waals surface area contributed by atoms with Crippen LogP contribution in [0.15, 0.2) is 30.3 Å². The Labute approximate surface area is 117 Å². The first-order chi connectivity index (χ1) is 10.0. The number of hydrogen-bond donors (Lipinski definition) is 3. The van der Waals surface area contributed by atoms with Gasteiger partial charge in [0.2, 0.25) is 0 Å². The number of nitrogens with two attached hydrogens (primary N) is 1. The highest BCUT2D eigenvalue weighted by Crippen LogP contribution is 2.20. The number of nitrogen functional groups attached to an aromatic ring is 1. The molecule has 1 aromatic heterocycles. The summed E-state index contributed by atoms with van der Waals surface area (Å²) in [6, 6.07) is 5.62. The van der Waals surface area contributed by atoms with Gasteiger partial charge in [-0.1, -0.05) is 0 Å². The van der Waals surface area contributed by atoms with Crippen LogP contribution in [-0.2, 0) is 0 Å². The summed E-state index contributed by atoms with van der Waals surface area (Å²) in [5.74, 6) is 3.72. The summed E-state index contributed by atoms with van der Waals surface area (Å²) in [7, 11) is 0. The van der Waals surface area contributed by atoms with Crippen LogP contribution < -0.4 is 16.6 Å². The number of carbonyl (C=O) groups is 1. The maximum Gasteiger partial charge on any atom is 0.276 e. The fourth-order valence-corrected chi connectivity index (χ4v) is 1.44. The molecule has 21 heavy (non-hydrogen) atoms. The Morgan fingerprint density at radius 3 is 2.57 bits per heavy atom. The smallest absolute Gasteiger partial charge is 0.276 e. The van der Waals surface area contributed by atoms with Gasteiger partial charge in [-0.05, 0) is 18.2 Å². The molecule has 0 aliphatic carbocycles. The number of rotatable bonds is 4. The van der Waals surface area contributed by atoms with Crippen molar-refractivity contribution in [2.45, 2.75) is 0 Å². The predicted octanol–water partition coefficient (Wildman–Crippen LogP) is 1.06. The molecule has 1 heterocycles. The fourth-order valence-electron chi connectivity index (χ4n) is 1.44. The SMILES string of the molecule is NNc1ccc(C(=O)Nc2ccc([N+](=O)[O-])cc2F)nn1. The molecule has 1 amide bonds. The third-order valence-electron chi connectivity index (χ3n) is 2.46. The maximum absolute atomic E-state index is 13.6. The van der Waals surface area contributed by atoms with Crippen LogP contribution in [0.1, 0.15) is 10.5 Å². The van der Waals surface area contributed by atoms with E-state index in [9.17, 15) is 19.3 Å². The van der Waals surface area contributed by atoms with E-state index in [1.165, 1.54) is 12.1 Å². The third-order valence-corrected chi connectivity index (χ3v) is 2.46. The molecule has 0 unspecified atom stereocenters. The summed E-state index contributed by atoms with van der Waals surface area (Å²) in [5, 5.41) is 19.9. The number of amides is 1. The molecular formula is C11H9FN6O3. The summed E-state index contributed by atoms with van der Waals surface area (Å²) >= 11 is 0. The van der Waals surface area contributed by atoms with Crippen molar-refractivity contribution in [3.63, 3.8) is 0 Å². The van der Waals surface area contributed by atoms with Crippen LogP contribution in [0.3, 0.4) is 0 Å². The average Bonchev–Trinajstić information content (AvgIpc) is 2.49. The third kappa shape index (κ3) is 3.25. The van der Waals surface area contributed by atoms with E-state index in [2.05, 4.69) is 20.9 Å². The molecule has 2 rings (SSSR count). The molecule has 10 heteroatoms. The van der Waals surface area contributed by atoms with E-state index in [1.54, 1.807) is 0 Å². The van der Waals surface area contributed by atoms with Gasteiger partial charge in [-0.2, -0.15) is 0 Å². The first kappa shape index (κ1) is 14.3. The van der Waals surface area contributed by atoms with Crippen molar-refractivity contribution in [2.75, 3.05) is 10.7 Å². The Morgan fingerprint density at radius 1 is 1.29 bits per heavy atom. The van der Waals surface area contributed by atoms with E-state index in [1.807, 2.05) is 0 Å². The lowest BCUT2D eigenvalue weighted by atomic mass is 10.2. The minimum atomic E-state index is -0.925. The van der Waals surface area contributed by atoms with E-state index in [0.29, 0.717) is 6.07 Å². The molecule has 108 valence electrons. The van der Waals surface area contributed by atoms with E-state index in [-0.39, 0.29) is 17.2 Å². The number of halogens is 1. The van der Waals surface area contributed by atoms with Gasteiger partial charge in [-0.25, -0.2) is 10.2 Å². The molecule has 0 spiro atoms. The van der Waals surface area contributed by atoms with Gasteiger partial charge in [-0.3, -0.25) is 14.9 Å². The molecule has 0 aliphatic rings. The van der Waals surface area contributed by atoms with Crippen molar-refractivity contribution in [2.24, 2.45) is 5.84 Å². The van der Waals surface area contributed by atoms with Crippen LogP contribution in [0.2, 0.25) is 0 Å². The second-order valence-corrected chi connectivity index (χ2v) is 3.82. The molecule has 0 bridgehead atoms. The van der Waals surface area contributed by atoms with Crippen molar-refractivity contribution in [3.8, 4) is 0 Å². The largest absolute Gasteiger partial charge is 0.318 e. The van der Waals surface area contributed by atoms with E-state index in [0.717, 1.165) is 12.1 Å². The molecule has 4 N–H and O–H groups in total. The van der Waals surface area contributed by atoms with Crippen molar-refractivity contribution in [1.82, 2.24) is 10.2 Å². The summed E-state index contributed by atoms with van der Waals surface area (Å²) in [5.41, 5.74) is 1.56. The highest BCUT2D eigenvalue weighted by atomic mass is 19.1. The van der Waals surface area contributed by atoms with E-state index < -0.39 is 22.3 Å². The zero-order valence-electron chi connectivity index (χ0n) is 10.4. The number of benzene rings is 1. The minimum absolute atomic E-state index is 0.0632. The number of anilines is 2. The molecule has 1 aromatic carbocycles. The minimum Gasteiger partial charge on any atom is -0.318 e. The first-order valence-electron chi connectivity index (χ1n) is 5.57. The molecule has 0 radical (unpaired) electrons. The van der Waals surface area contributed by atoms with E-state index in [4.69, 9.17) is 5.84 Å². The number of carbonyl (C=O) groups excluding carboxylic acids is 1. The highest BCUT2D eigenvalue weighted by Gasteiger charge is 2.14. The molecule has 0 saturated heterocycles. The van der Waals surface area contributed by atoms with Gasteiger partial charge in [0.05, 0.1) is 16.7 Å². The van der Waals surface area contributed by atoms with Crippen molar-refractivity contribution in [1.29, 1.82) is 0 Å². The van der Waals surface area contributed by atoms with Gasteiger partial charge >= 0.3 is 0 Å². The topological polar surface area (TPSA) is 136 Å². The standard InChI is InChI=1S/C11H9FN6O3/c12-7-5-6(18(20)21)1-2-8(7)14-11(19)9-3-4-10(15-13)17-16-9/h1-5H,13H2,(H,14,19)(H,15,17). The van der Waals surface area contributed by atoms with Crippen LogP contribution in [0.25, 0.3) is 0 Å². The fraction of sp³-hybridized carbons (Fsp3) is 0. The monoisotopic (exact) mass is 292 g/mol. The Morgan fingerprint density at radius 2 is 2.05 bits per heavy atom. The normalized spacial score (nSPS) is 10.0. The number of hydrazine groups is 1. The van der Waals surface area contributed by atoms with Gasteiger partial charge in [-0.15, -0.1) is 10.2 Å². The molecule has 0 atom stereocenters. The number of nitro groups is 1. The van der Waals surface area contributed by atoms with Crippen LogP contribution >= 0.6 is 0 Å². The molecule has 0 fully saturated rings. The van der Waals surface area contributed by atoms with Crippen LogP contribution in [0.4, 0.5) is 21.6 Å². The average molecular weight is 292 g/mol. The van der Waals surface area contributed by atoms with Crippen LogP contribution in [0.5, 0.6) is 0 Å². The Bertz CT molecular complexity index is 691. The Kier molecular flexibility index (Phi) is 4.00. The lowest BCUT2D eigenvalue weighted by Crippen LogP contribution is -2.16. The number of non-ortho nitro benzene ring substituents is 1. The Balaban J connectivity index is 2.17. The summed E-state index contributed by atoms with van der Waals surface area (Å²) < 4.78 is 13.6. The molecule has 9 nitrogen and oxygen atoms in total. The Hall–Kier alpha value is -3.14. The molecule has 2 aromatic rings. The number of hydrogen-bond acceptors (Lipinski definition) is 7. The predicted molar refractivity (Wildman–Crippen MR) is 70.8 cm³/mol. The van der Waals surface area contributed by atoms with Crippen LogP contribution in [-0.4, -0.2) is 21.0 Å². The second-order valence-electron chi connectivity index (χ2n) is 3.82. The van der Waals surface area contributed by atoms with E-state index >= 15 is 0 Å². The van der Waals surface area contributed by atoms with Gasteiger partial charge in [0.15, 0.2) is 17.3 Å². The van der Waals surface area contributed by atoms with Crippen molar-refractivity contribution >= 4 is 23.1 Å². The first-order valence-corrected chi connectivity index (χ1v) is 5.57. The van der Waals surface area contributed by atoms with Crippen molar-refractivity contribution in [3.05, 3.63) is 52.0 Å². The number of aromatic nitrogens is 2. The van der Waals surface area contributed by atoms with Crippen molar-refractivity contribution < 1.29 is 14.1 Å². The molecule has 0 saturated carbocycles. The van der Waals surface area contributed by atoms with Gasteiger partial charge < -0.3 is 10.7 Å². The lowest BCUT2D eigenvalue weighted by molar-refractivity contribution is -0.385. The number of nitrogens with one attached hydrogen (secondary N) is 2. The lowest BCUT2D eigenvalue weighted by Gasteiger charge is -2.05. The van der Waals surface area contributed by atoms with Gasteiger partial charge in [0.1, 0.15) is 0 Å². The zero-order valence-corrected chi connectivity index (χ0v) is 10.4. The quantitative estimate of drug-likeness (QED) is 0.435. The van der Waals surface area contributed by atoms with Crippen LogP contribution in [0, 0.1) is 15.9 Å². The number of nitro benzene ring substituents is 1. The summed E-state index contributed by atoms with van der Waals surface area (Å²) in [4.78, 5) is 21.6. The zero-order chi connectivity index (χ0) is 15.4. The van der Waals surface area contributed by atoms with Gasteiger partial charge in [0.25, 0.3) is 11.6 Å². The molecular weight excluding hydrogens is 283 g/mol. The molecule has 0 aliphatic heterocycles. The second kappa shape index (κ2) is 5.88.